The van der Waals surface area contributed by atoms with Gasteiger partial charge < -0.3 is 9.88 Å². The van der Waals surface area contributed by atoms with Crippen molar-refractivity contribution in [2.24, 2.45) is 0 Å². The van der Waals surface area contributed by atoms with E-state index in [0.717, 1.165) is 12.1 Å². The van der Waals surface area contributed by atoms with Crippen molar-refractivity contribution in [3.63, 3.8) is 0 Å². The van der Waals surface area contributed by atoms with Gasteiger partial charge in [-0.25, -0.2) is 13.8 Å². The molecule has 0 bridgehead atoms. The van der Waals surface area contributed by atoms with Crippen molar-refractivity contribution in [2.45, 2.75) is 6.42 Å². The van der Waals surface area contributed by atoms with E-state index in [1.165, 1.54) is 23.3 Å². The summed E-state index contributed by atoms with van der Waals surface area (Å²) in [5.74, 6) is -1.54. The third-order valence-electron chi connectivity index (χ3n) is 2.40. The number of carbonyl (C=O) groups excluding carboxylic acids is 1. The molecule has 1 aromatic heterocycles. The highest BCUT2D eigenvalue weighted by atomic mass is 32.1. The van der Waals surface area contributed by atoms with E-state index in [1.54, 1.807) is 0 Å². The standard InChI is InChI=1S/C12H11F2N3OS/c13-9-5-8(16-11(18)1-4-19)6-10(14)12(9)17-3-2-15-7-17/h2-3,5-7,19H,1,4H2,(H,16,18). The van der Waals surface area contributed by atoms with Crippen LogP contribution in [0.15, 0.2) is 30.9 Å². The molecule has 0 spiro atoms. The number of amides is 1. The van der Waals surface area contributed by atoms with Crippen LogP contribution in [-0.4, -0.2) is 21.2 Å². The maximum Gasteiger partial charge on any atom is 0.225 e. The van der Waals surface area contributed by atoms with Gasteiger partial charge in [-0.3, -0.25) is 4.79 Å². The molecule has 0 saturated carbocycles. The van der Waals surface area contributed by atoms with Crippen molar-refractivity contribution in [2.75, 3.05) is 11.1 Å². The van der Waals surface area contributed by atoms with Gasteiger partial charge in [0, 0.05) is 24.5 Å². The van der Waals surface area contributed by atoms with Crippen molar-refractivity contribution in [3.8, 4) is 5.69 Å². The zero-order valence-corrected chi connectivity index (χ0v) is 10.7. The maximum absolute atomic E-state index is 13.9. The number of carbonyl (C=O) groups is 1. The first-order valence-corrected chi connectivity index (χ1v) is 6.13. The Labute approximate surface area is 113 Å². The van der Waals surface area contributed by atoms with Crippen molar-refractivity contribution in [1.29, 1.82) is 0 Å². The van der Waals surface area contributed by atoms with Crippen LogP contribution in [0.25, 0.3) is 5.69 Å². The van der Waals surface area contributed by atoms with E-state index >= 15 is 0 Å². The maximum atomic E-state index is 13.9. The summed E-state index contributed by atoms with van der Waals surface area (Å²) in [6.07, 6.45) is 4.32. The predicted molar refractivity (Wildman–Crippen MR) is 70.6 cm³/mol. The summed E-state index contributed by atoms with van der Waals surface area (Å²) in [5, 5.41) is 2.40. The molecule has 0 saturated heterocycles. The number of hydrogen-bond donors (Lipinski definition) is 2. The summed E-state index contributed by atoms with van der Waals surface area (Å²) in [5.41, 5.74) is -0.157. The zero-order valence-electron chi connectivity index (χ0n) is 9.81. The predicted octanol–water partition coefficient (Wildman–Crippen LogP) is 2.41. The van der Waals surface area contributed by atoms with Gasteiger partial charge in [0.15, 0.2) is 11.6 Å². The average Bonchev–Trinajstić information content (AvgIpc) is 2.81. The summed E-state index contributed by atoms with van der Waals surface area (Å²) in [6.45, 7) is 0. The first-order chi connectivity index (χ1) is 9.11. The van der Waals surface area contributed by atoms with E-state index in [2.05, 4.69) is 22.9 Å². The lowest BCUT2D eigenvalue weighted by Gasteiger charge is -2.09. The molecule has 0 fully saturated rings. The van der Waals surface area contributed by atoms with Crippen LogP contribution in [0.4, 0.5) is 14.5 Å². The molecular formula is C12H11F2N3OS. The number of nitrogens with one attached hydrogen (secondary N) is 1. The highest BCUT2D eigenvalue weighted by Crippen LogP contribution is 2.22. The second kappa shape index (κ2) is 5.83. The number of nitrogens with zero attached hydrogens (tertiary/aromatic N) is 2. The fourth-order valence-electron chi connectivity index (χ4n) is 1.60. The molecular weight excluding hydrogens is 272 g/mol. The Morgan fingerprint density at radius 2 is 2.05 bits per heavy atom. The number of imidazole rings is 1. The lowest BCUT2D eigenvalue weighted by molar-refractivity contribution is -0.115. The van der Waals surface area contributed by atoms with Crippen molar-refractivity contribution in [1.82, 2.24) is 9.55 Å². The molecule has 0 aliphatic carbocycles. The first-order valence-electron chi connectivity index (χ1n) is 5.50. The van der Waals surface area contributed by atoms with E-state index in [0.29, 0.717) is 5.75 Å². The molecule has 19 heavy (non-hydrogen) atoms. The Kier molecular flexibility index (Phi) is 4.16. The highest BCUT2D eigenvalue weighted by Gasteiger charge is 2.13. The third-order valence-corrected chi connectivity index (χ3v) is 2.63. The summed E-state index contributed by atoms with van der Waals surface area (Å²) in [4.78, 5) is 15.1. The van der Waals surface area contributed by atoms with E-state index in [9.17, 15) is 13.6 Å². The minimum atomic E-state index is -0.779. The third kappa shape index (κ3) is 3.11. The fourth-order valence-corrected chi connectivity index (χ4v) is 1.80. The Hall–Kier alpha value is -1.89. The molecule has 100 valence electrons. The van der Waals surface area contributed by atoms with Gasteiger partial charge in [0.05, 0.1) is 6.33 Å². The van der Waals surface area contributed by atoms with Gasteiger partial charge in [0.25, 0.3) is 0 Å². The van der Waals surface area contributed by atoms with E-state index in [4.69, 9.17) is 0 Å². The molecule has 0 aliphatic heterocycles. The van der Waals surface area contributed by atoms with Crippen molar-refractivity contribution in [3.05, 3.63) is 42.5 Å². The summed E-state index contributed by atoms with van der Waals surface area (Å²) >= 11 is 3.90. The Morgan fingerprint density at radius 3 is 2.58 bits per heavy atom. The topological polar surface area (TPSA) is 46.9 Å². The molecule has 1 heterocycles. The number of aromatic nitrogens is 2. The van der Waals surface area contributed by atoms with Gasteiger partial charge in [-0.1, -0.05) is 0 Å². The van der Waals surface area contributed by atoms with Crippen LogP contribution in [-0.2, 0) is 4.79 Å². The highest BCUT2D eigenvalue weighted by molar-refractivity contribution is 7.80. The molecule has 1 amide bonds. The van der Waals surface area contributed by atoms with Crippen LogP contribution in [0.2, 0.25) is 0 Å². The van der Waals surface area contributed by atoms with E-state index in [1.807, 2.05) is 0 Å². The first kappa shape index (κ1) is 13.5. The van der Waals surface area contributed by atoms with Gasteiger partial charge in [-0.15, -0.1) is 0 Å². The van der Waals surface area contributed by atoms with Gasteiger partial charge in [0.2, 0.25) is 5.91 Å². The lowest BCUT2D eigenvalue weighted by Crippen LogP contribution is -2.12. The van der Waals surface area contributed by atoms with Crippen LogP contribution in [0.1, 0.15) is 6.42 Å². The summed E-state index contributed by atoms with van der Waals surface area (Å²) in [6, 6.07) is 2.13. The molecule has 7 heteroatoms. The number of halogens is 2. The molecule has 1 aromatic carbocycles. The molecule has 0 unspecified atom stereocenters. The van der Waals surface area contributed by atoms with Gasteiger partial charge in [-0.2, -0.15) is 12.6 Å². The van der Waals surface area contributed by atoms with E-state index < -0.39 is 11.6 Å². The Bertz CT molecular complexity index is 564. The second-order valence-electron chi connectivity index (χ2n) is 3.78. The zero-order chi connectivity index (χ0) is 13.8. The smallest absolute Gasteiger partial charge is 0.225 e. The lowest BCUT2D eigenvalue weighted by atomic mass is 10.2. The van der Waals surface area contributed by atoms with Gasteiger partial charge in [0.1, 0.15) is 5.69 Å². The van der Waals surface area contributed by atoms with Crippen molar-refractivity contribution < 1.29 is 13.6 Å². The van der Waals surface area contributed by atoms with Crippen LogP contribution >= 0.6 is 12.6 Å². The molecule has 0 aliphatic rings. The second-order valence-corrected chi connectivity index (χ2v) is 4.23. The Morgan fingerprint density at radius 1 is 1.37 bits per heavy atom. The molecule has 0 atom stereocenters. The summed E-state index contributed by atoms with van der Waals surface area (Å²) < 4.78 is 28.9. The number of anilines is 1. The minimum absolute atomic E-state index is 0.0747. The van der Waals surface area contributed by atoms with E-state index in [-0.39, 0.29) is 23.7 Å². The molecule has 1 N–H and O–H groups in total. The molecule has 0 radical (unpaired) electrons. The molecule has 4 nitrogen and oxygen atoms in total. The van der Waals surface area contributed by atoms with Crippen molar-refractivity contribution >= 4 is 24.2 Å². The summed E-state index contributed by atoms with van der Waals surface area (Å²) in [7, 11) is 0. The monoisotopic (exact) mass is 283 g/mol. The average molecular weight is 283 g/mol. The Balaban J connectivity index is 2.29. The fraction of sp³-hybridized carbons (Fsp3) is 0.167. The number of benzene rings is 1. The molecule has 2 rings (SSSR count). The largest absolute Gasteiger partial charge is 0.326 e. The van der Waals surface area contributed by atoms with Gasteiger partial charge >= 0.3 is 0 Å². The van der Waals surface area contributed by atoms with Crippen LogP contribution in [0, 0.1) is 11.6 Å². The van der Waals surface area contributed by atoms with Gasteiger partial charge in [-0.05, 0) is 17.9 Å². The quantitative estimate of drug-likeness (QED) is 0.846. The van der Waals surface area contributed by atoms with Crippen LogP contribution in [0.5, 0.6) is 0 Å². The van der Waals surface area contributed by atoms with Crippen LogP contribution < -0.4 is 5.32 Å². The number of rotatable bonds is 4. The normalized spacial score (nSPS) is 10.5. The minimum Gasteiger partial charge on any atom is -0.326 e. The van der Waals surface area contributed by atoms with Crippen LogP contribution in [0.3, 0.4) is 0 Å². The number of thiol groups is 1. The SMILES string of the molecule is O=C(CCS)Nc1cc(F)c(-n2ccnc2)c(F)c1. The molecule has 2 aromatic rings. The number of hydrogen-bond acceptors (Lipinski definition) is 3.